The molecular weight excluding hydrogens is 324 g/mol. The second-order valence-corrected chi connectivity index (χ2v) is 6.16. The number of aromatic nitrogens is 2. The van der Waals surface area contributed by atoms with Crippen LogP contribution in [0.25, 0.3) is 11.5 Å². The highest BCUT2D eigenvalue weighted by Gasteiger charge is 2.14. The van der Waals surface area contributed by atoms with Crippen LogP contribution in [0.1, 0.15) is 20.4 Å². The summed E-state index contributed by atoms with van der Waals surface area (Å²) in [5, 5.41) is 8.29. The molecule has 0 bridgehead atoms. The maximum Gasteiger partial charge on any atom is 0.348 e. The summed E-state index contributed by atoms with van der Waals surface area (Å²) < 4.78 is 10.6. The molecular formula is C15H11ClN2O3S. The highest BCUT2D eigenvalue weighted by Crippen LogP contribution is 2.26. The van der Waals surface area contributed by atoms with Crippen molar-refractivity contribution in [3.63, 3.8) is 0 Å². The first-order chi connectivity index (χ1) is 10.6. The number of esters is 1. The van der Waals surface area contributed by atoms with E-state index in [1.54, 1.807) is 18.2 Å². The number of aryl methyl sites for hydroxylation is 1. The molecule has 1 aromatic carbocycles. The largest absolute Gasteiger partial charge is 0.451 e. The summed E-state index contributed by atoms with van der Waals surface area (Å²) in [6.07, 6.45) is 0. The van der Waals surface area contributed by atoms with Gasteiger partial charge in [-0.1, -0.05) is 23.7 Å². The third-order valence-corrected chi connectivity index (χ3v) is 4.15. The number of carbonyl (C=O) groups excluding carboxylic acids is 1. The van der Waals surface area contributed by atoms with Crippen molar-refractivity contribution in [3.8, 4) is 11.5 Å². The Balaban J connectivity index is 1.67. The van der Waals surface area contributed by atoms with Gasteiger partial charge in [-0.2, -0.15) is 0 Å². The predicted molar refractivity (Wildman–Crippen MR) is 82.9 cm³/mol. The Kier molecular flexibility index (Phi) is 4.22. The van der Waals surface area contributed by atoms with Gasteiger partial charge in [-0.3, -0.25) is 0 Å². The van der Waals surface area contributed by atoms with Crippen molar-refractivity contribution in [1.29, 1.82) is 0 Å². The number of rotatable bonds is 4. The Morgan fingerprint density at radius 2 is 2.09 bits per heavy atom. The summed E-state index contributed by atoms with van der Waals surface area (Å²) in [4.78, 5) is 13.4. The fourth-order valence-electron chi connectivity index (χ4n) is 1.80. The van der Waals surface area contributed by atoms with E-state index >= 15 is 0 Å². The number of thiophene rings is 1. The number of ether oxygens (including phenoxy) is 1. The van der Waals surface area contributed by atoms with Gasteiger partial charge in [-0.05, 0) is 31.2 Å². The van der Waals surface area contributed by atoms with Gasteiger partial charge in [-0.25, -0.2) is 4.79 Å². The van der Waals surface area contributed by atoms with Crippen molar-refractivity contribution in [2.24, 2.45) is 0 Å². The molecule has 2 heterocycles. The summed E-state index contributed by atoms with van der Waals surface area (Å²) in [6, 6.07) is 10.7. The summed E-state index contributed by atoms with van der Waals surface area (Å²) in [5.41, 5.74) is 0.642. The van der Waals surface area contributed by atoms with Crippen molar-refractivity contribution in [2.45, 2.75) is 13.5 Å². The molecule has 0 radical (unpaired) electrons. The number of hydrogen-bond acceptors (Lipinski definition) is 6. The third-order valence-electron chi connectivity index (χ3n) is 2.84. The van der Waals surface area contributed by atoms with Crippen LogP contribution >= 0.6 is 22.9 Å². The lowest BCUT2D eigenvalue weighted by Crippen LogP contribution is -2.03. The molecule has 3 aromatic rings. The van der Waals surface area contributed by atoms with Gasteiger partial charge in [0, 0.05) is 4.88 Å². The first kappa shape index (κ1) is 14.7. The van der Waals surface area contributed by atoms with E-state index in [-0.39, 0.29) is 12.5 Å². The third kappa shape index (κ3) is 3.18. The lowest BCUT2D eigenvalue weighted by molar-refractivity contribution is 0.0444. The lowest BCUT2D eigenvalue weighted by Gasteiger charge is -1.99. The molecule has 0 aliphatic heterocycles. The molecule has 22 heavy (non-hydrogen) atoms. The van der Waals surface area contributed by atoms with Gasteiger partial charge in [0.2, 0.25) is 5.89 Å². The Morgan fingerprint density at radius 3 is 2.82 bits per heavy atom. The van der Waals surface area contributed by atoms with E-state index in [1.165, 1.54) is 11.3 Å². The van der Waals surface area contributed by atoms with Gasteiger partial charge in [0.25, 0.3) is 5.89 Å². The second-order valence-electron chi connectivity index (χ2n) is 4.47. The fourth-order valence-corrected chi connectivity index (χ4v) is 2.78. The molecule has 7 heteroatoms. The molecule has 0 unspecified atom stereocenters. The van der Waals surface area contributed by atoms with Crippen LogP contribution in [0.15, 0.2) is 40.8 Å². The van der Waals surface area contributed by atoms with E-state index in [4.69, 9.17) is 20.8 Å². The number of carbonyl (C=O) groups is 1. The highest BCUT2D eigenvalue weighted by atomic mass is 35.5. The predicted octanol–water partition coefficient (Wildman–Crippen LogP) is 4.12. The maximum absolute atomic E-state index is 11.8. The lowest BCUT2D eigenvalue weighted by atomic mass is 10.2. The molecule has 0 fully saturated rings. The normalized spacial score (nSPS) is 10.6. The topological polar surface area (TPSA) is 65.2 Å². The monoisotopic (exact) mass is 334 g/mol. The van der Waals surface area contributed by atoms with Crippen LogP contribution in [-0.2, 0) is 11.3 Å². The minimum absolute atomic E-state index is 0.0762. The molecule has 0 N–H and O–H groups in total. The van der Waals surface area contributed by atoms with Crippen LogP contribution in [0.4, 0.5) is 0 Å². The average Bonchev–Trinajstić information content (AvgIpc) is 3.14. The van der Waals surface area contributed by atoms with Crippen LogP contribution in [0.5, 0.6) is 0 Å². The highest BCUT2D eigenvalue weighted by molar-refractivity contribution is 7.13. The summed E-state index contributed by atoms with van der Waals surface area (Å²) in [5.74, 6) is 0.107. The van der Waals surface area contributed by atoms with E-state index in [0.717, 1.165) is 4.88 Å². The molecule has 112 valence electrons. The molecule has 0 spiro atoms. The molecule has 0 amide bonds. The van der Waals surface area contributed by atoms with Crippen molar-refractivity contribution in [3.05, 3.63) is 57.1 Å². The Labute approximate surface area is 135 Å². The van der Waals surface area contributed by atoms with E-state index in [0.29, 0.717) is 21.4 Å². The first-order valence-corrected chi connectivity index (χ1v) is 7.64. The summed E-state index contributed by atoms with van der Waals surface area (Å²) >= 11 is 7.44. The SMILES string of the molecule is Cc1ccc(C(=O)OCc2nnc(-c3ccccc3Cl)o2)s1. The van der Waals surface area contributed by atoms with Crippen LogP contribution in [-0.4, -0.2) is 16.2 Å². The number of hydrogen-bond donors (Lipinski definition) is 0. The van der Waals surface area contributed by atoms with Gasteiger partial charge in [-0.15, -0.1) is 21.5 Å². The van der Waals surface area contributed by atoms with Gasteiger partial charge >= 0.3 is 5.97 Å². The minimum atomic E-state index is -0.407. The fraction of sp³-hybridized carbons (Fsp3) is 0.133. The number of nitrogens with zero attached hydrogens (tertiary/aromatic N) is 2. The Morgan fingerprint density at radius 1 is 1.27 bits per heavy atom. The minimum Gasteiger partial charge on any atom is -0.451 e. The molecule has 0 atom stereocenters. The van der Waals surface area contributed by atoms with Crippen LogP contribution in [0.2, 0.25) is 5.02 Å². The zero-order valence-corrected chi connectivity index (χ0v) is 13.1. The molecule has 0 saturated carbocycles. The van der Waals surface area contributed by atoms with Gasteiger partial charge in [0.1, 0.15) is 4.88 Å². The zero-order valence-electron chi connectivity index (χ0n) is 11.6. The van der Waals surface area contributed by atoms with Gasteiger partial charge < -0.3 is 9.15 Å². The van der Waals surface area contributed by atoms with Crippen LogP contribution in [0, 0.1) is 6.92 Å². The molecule has 0 aliphatic rings. The quantitative estimate of drug-likeness (QED) is 0.671. The standard InChI is InChI=1S/C15H11ClN2O3S/c1-9-6-7-12(22-9)15(19)20-8-13-17-18-14(21-13)10-4-2-3-5-11(10)16/h2-7H,8H2,1H3. The maximum atomic E-state index is 11.8. The molecule has 5 nitrogen and oxygen atoms in total. The van der Waals surface area contributed by atoms with E-state index in [9.17, 15) is 4.79 Å². The smallest absolute Gasteiger partial charge is 0.348 e. The van der Waals surface area contributed by atoms with Crippen molar-refractivity contribution in [1.82, 2.24) is 10.2 Å². The van der Waals surface area contributed by atoms with E-state index in [2.05, 4.69) is 10.2 Å². The number of benzene rings is 1. The number of halogens is 1. The zero-order chi connectivity index (χ0) is 15.5. The summed E-state index contributed by atoms with van der Waals surface area (Å²) in [6.45, 7) is 1.85. The van der Waals surface area contributed by atoms with Gasteiger partial charge in [0.15, 0.2) is 6.61 Å². The Hall–Kier alpha value is -2.18. The molecule has 2 aromatic heterocycles. The van der Waals surface area contributed by atoms with E-state index < -0.39 is 5.97 Å². The van der Waals surface area contributed by atoms with E-state index in [1.807, 2.05) is 25.1 Å². The summed E-state index contributed by atoms with van der Waals surface area (Å²) in [7, 11) is 0. The molecule has 0 aliphatic carbocycles. The van der Waals surface area contributed by atoms with Gasteiger partial charge in [0.05, 0.1) is 10.6 Å². The van der Waals surface area contributed by atoms with Crippen molar-refractivity contribution in [2.75, 3.05) is 0 Å². The van der Waals surface area contributed by atoms with Crippen LogP contribution < -0.4 is 0 Å². The molecule has 3 rings (SSSR count). The first-order valence-electron chi connectivity index (χ1n) is 6.44. The second kappa shape index (κ2) is 6.29. The Bertz CT molecular complexity index is 812. The van der Waals surface area contributed by atoms with Crippen LogP contribution in [0.3, 0.4) is 0 Å². The average molecular weight is 335 g/mol. The van der Waals surface area contributed by atoms with Crippen molar-refractivity contribution < 1.29 is 13.9 Å². The van der Waals surface area contributed by atoms with Crippen molar-refractivity contribution >= 4 is 28.9 Å². The molecule has 0 saturated heterocycles.